The number of aliphatic hydroxyl groups excluding tert-OH is 2. The van der Waals surface area contributed by atoms with Crippen molar-refractivity contribution in [2.75, 3.05) is 6.54 Å². The van der Waals surface area contributed by atoms with Gasteiger partial charge in [0.05, 0.1) is 12.7 Å². The molecule has 0 aliphatic rings. The molecule has 2 aromatic carbocycles. The standard InChI is InChI=1S/C17H20FNO2/c1-12(14-6-4-5-13(9-14)11-20)19-10-17(21)15-7-2-3-8-16(15)18/h2-9,12,17,19-21H,10-11H2,1H3. The molecule has 0 aliphatic heterocycles. The molecule has 0 saturated heterocycles. The third-order valence-corrected chi connectivity index (χ3v) is 3.52. The highest BCUT2D eigenvalue weighted by molar-refractivity contribution is 5.25. The van der Waals surface area contributed by atoms with Gasteiger partial charge in [-0.05, 0) is 24.1 Å². The van der Waals surface area contributed by atoms with Crippen LogP contribution in [0.1, 0.15) is 35.8 Å². The third kappa shape index (κ3) is 4.11. The van der Waals surface area contributed by atoms with Crippen LogP contribution in [0.4, 0.5) is 4.39 Å². The van der Waals surface area contributed by atoms with Crippen molar-refractivity contribution in [2.24, 2.45) is 0 Å². The SMILES string of the molecule is CC(NCC(O)c1ccccc1F)c1cccc(CO)c1. The van der Waals surface area contributed by atoms with Crippen LogP contribution in [0.25, 0.3) is 0 Å². The number of halogens is 1. The Labute approximate surface area is 124 Å². The van der Waals surface area contributed by atoms with Crippen molar-refractivity contribution in [3.63, 3.8) is 0 Å². The van der Waals surface area contributed by atoms with Crippen LogP contribution in [-0.4, -0.2) is 16.8 Å². The van der Waals surface area contributed by atoms with E-state index < -0.39 is 11.9 Å². The molecule has 0 aliphatic carbocycles. The monoisotopic (exact) mass is 289 g/mol. The van der Waals surface area contributed by atoms with Crippen molar-refractivity contribution < 1.29 is 14.6 Å². The van der Waals surface area contributed by atoms with E-state index in [9.17, 15) is 9.50 Å². The Hall–Kier alpha value is -1.75. The van der Waals surface area contributed by atoms with E-state index in [4.69, 9.17) is 5.11 Å². The first-order valence-corrected chi connectivity index (χ1v) is 6.97. The second-order valence-electron chi connectivity index (χ2n) is 5.07. The fourth-order valence-corrected chi connectivity index (χ4v) is 2.22. The average molecular weight is 289 g/mol. The van der Waals surface area contributed by atoms with Crippen molar-refractivity contribution in [3.05, 3.63) is 71.0 Å². The average Bonchev–Trinajstić information content (AvgIpc) is 2.52. The Kier molecular flexibility index (Phi) is 5.44. The Morgan fingerprint density at radius 2 is 1.90 bits per heavy atom. The number of nitrogens with one attached hydrogen (secondary N) is 1. The summed E-state index contributed by atoms with van der Waals surface area (Å²) in [7, 11) is 0. The van der Waals surface area contributed by atoms with Crippen LogP contribution in [0.5, 0.6) is 0 Å². The minimum atomic E-state index is -0.894. The summed E-state index contributed by atoms with van der Waals surface area (Å²) in [5.41, 5.74) is 2.15. The van der Waals surface area contributed by atoms with Crippen molar-refractivity contribution >= 4 is 0 Å². The summed E-state index contributed by atoms with van der Waals surface area (Å²) in [6, 6.07) is 13.8. The van der Waals surface area contributed by atoms with E-state index in [1.807, 2.05) is 31.2 Å². The van der Waals surface area contributed by atoms with Crippen molar-refractivity contribution in [1.82, 2.24) is 5.32 Å². The third-order valence-electron chi connectivity index (χ3n) is 3.52. The molecule has 0 amide bonds. The number of aliphatic hydroxyl groups is 2. The molecule has 0 bridgehead atoms. The predicted molar refractivity (Wildman–Crippen MR) is 80.1 cm³/mol. The highest BCUT2D eigenvalue weighted by Crippen LogP contribution is 2.18. The fraction of sp³-hybridized carbons (Fsp3) is 0.294. The molecule has 0 heterocycles. The maximum atomic E-state index is 13.6. The van der Waals surface area contributed by atoms with Gasteiger partial charge in [0, 0.05) is 18.2 Å². The van der Waals surface area contributed by atoms with E-state index in [1.165, 1.54) is 6.07 Å². The van der Waals surface area contributed by atoms with Gasteiger partial charge in [0.1, 0.15) is 5.82 Å². The molecular weight excluding hydrogens is 269 g/mol. The maximum absolute atomic E-state index is 13.6. The zero-order chi connectivity index (χ0) is 15.2. The largest absolute Gasteiger partial charge is 0.392 e. The summed E-state index contributed by atoms with van der Waals surface area (Å²) >= 11 is 0. The van der Waals surface area contributed by atoms with Crippen molar-refractivity contribution in [1.29, 1.82) is 0 Å². The molecule has 0 spiro atoms. The normalized spacial score (nSPS) is 13.9. The Morgan fingerprint density at radius 1 is 1.14 bits per heavy atom. The number of hydrogen-bond donors (Lipinski definition) is 3. The number of benzene rings is 2. The molecule has 2 unspecified atom stereocenters. The highest BCUT2D eigenvalue weighted by atomic mass is 19.1. The van der Waals surface area contributed by atoms with Crippen LogP contribution in [0, 0.1) is 5.82 Å². The van der Waals surface area contributed by atoms with Gasteiger partial charge in [0.15, 0.2) is 0 Å². The molecule has 0 saturated carbocycles. The molecule has 4 heteroatoms. The Balaban J connectivity index is 1.97. The molecule has 2 atom stereocenters. The van der Waals surface area contributed by atoms with E-state index in [0.717, 1.165) is 11.1 Å². The highest BCUT2D eigenvalue weighted by Gasteiger charge is 2.14. The topological polar surface area (TPSA) is 52.5 Å². The molecule has 3 nitrogen and oxygen atoms in total. The van der Waals surface area contributed by atoms with Crippen LogP contribution < -0.4 is 5.32 Å². The molecule has 0 radical (unpaired) electrons. The summed E-state index contributed by atoms with van der Waals surface area (Å²) in [6.45, 7) is 2.22. The van der Waals surface area contributed by atoms with Gasteiger partial charge in [-0.3, -0.25) is 0 Å². The Bertz CT molecular complexity index is 589. The molecule has 2 rings (SSSR count). The molecule has 112 valence electrons. The zero-order valence-electron chi connectivity index (χ0n) is 12.0. The van der Waals surface area contributed by atoms with Gasteiger partial charge >= 0.3 is 0 Å². The van der Waals surface area contributed by atoms with Crippen molar-refractivity contribution in [2.45, 2.75) is 25.7 Å². The van der Waals surface area contributed by atoms with Gasteiger partial charge < -0.3 is 15.5 Å². The van der Waals surface area contributed by atoms with Crippen LogP contribution in [0.2, 0.25) is 0 Å². The van der Waals surface area contributed by atoms with Gasteiger partial charge in [0.25, 0.3) is 0 Å². The summed E-state index contributed by atoms with van der Waals surface area (Å²) < 4.78 is 13.6. The number of hydrogen-bond acceptors (Lipinski definition) is 3. The second-order valence-corrected chi connectivity index (χ2v) is 5.07. The second kappa shape index (κ2) is 7.31. The van der Waals surface area contributed by atoms with E-state index in [0.29, 0.717) is 5.56 Å². The van der Waals surface area contributed by atoms with Crippen molar-refractivity contribution in [3.8, 4) is 0 Å². The van der Waals surface area contributed by atoms with Crippen LogP contribution in [0.3, 0.4) is 0 Å². The first-order chi connectivity index (χ1) is 10.1. The van der Waals surface area contributed by atoms with E-state index in [-0.39, 0.29) is 19.2 Å². The molecule has 0 aromatic heterocycles. The van der Waals surface area contributed by atoms with Gasteiger partial charge in [-0.2, -0.15) is 0 Å². The Morgan fingerprint density at radius 3 is 2.62 bits per heavy atom. The molecule has 2 aromatic rings. The number of rotatable bonds is 6. The summed E-state index contributed by atoms with van der Waals surface area (Å²) in [5.74, 6) is -0.401. The molecule has 21 heavy (non-hydrogen) atoms. The van der Waals surface area contributed by atoms with Crippen LogP contribution in [-0.2, 0) is 6.61 Å². The first kappa shape index (κ1) is 15.6. The van der Waals surface area contributed by atoms with E-state index in [1.54, 1.807) is 18.2 Å². The van der Waals surface area contributed by atoms with E-state index in [2.05, 4.69) is 5.32 Å². The molecule has 3 N–H and O–H groups in total. The lowest BCUT2D eigenvalue weighted by Crippen LogP contribution is -2.25. The lowest BCUT2D eigenvalue weighted by Gasteiger charge is -2.18. The van der Waals surface area contributed by atoms with E-state index >= 15 is 0 Å². The summed E-state index contributed by atoms with van der Waals surface area (Å²) in [4.78, 5) is 0. The first-order valence-electron chi connectivity index (χ1n) is 6.97. The van der Waals surface area contributed by atoms with Gasteiger partial charge in [0.2, 0.25) is 0 Å². The molecular formula is C17H20FNO2. The molecule has 0 fully saturated rings. The lowest BCUT2D eigenvalue weighted by atomic mass is 10.0. The zero-order valence-corrected chi connectivity index (χ0v) is 12.0. The minimum Gasteiger partial charge on any atom is -0.392 e. The van der Waals surface area contributed by atoms with Gasteiger partial charge in [-0.15, -0.1) is 0 Å². The van der Waals surface area contributed by atoms with Gasteiger partial charge in [-0.1, -0.05) is 42.5 Å². The van der Waals surface area contributed by atoms with Crippen LogP contribution >= 0.6 is 0 Å². The predicted octanol–water partition coefficient (Wildman–Crippen LogP) is 2.70. The smallest absolute Gasteiger partial charge is 0.129 e. The lowest BCUT2D eigenvalue weighted by molar-refractivity contribution is 0.166. The quantitative estimate of drug-likeness (QED) is 0.766. The maximum Gasteiger partial charge on any atom is 0.129 e. The minimum absolute atomic E-state index is 0.00158. The fourth-order valence-electron chi connectivity index (χ4n) is 2.22. The van der Waals surface area contributed by atoms with Crippen LogP contribution in [0.15, 0.2) is 48.5 Å². The van der Waals surface area contributed by atoms with Gasteiger partial charge in [-0.25, -0.2) is 4.39 Å². The summed E-state index contributed by atoms with van der Waals surface area (Å²) in [5, 5.41) is 22.4. The summed E-state index contributed by atoms with van der Waals surface area (Å²) in [6.07, 6.45) is -0.894.